The molecule has 0 saturated carbocycles. The lowest BCUT2D eigenvalue weighted by Gasteiger charge is -2.10. The van der Waals surface area contributed by atoms with Crippen molar-refractivity contribution in [2.24, 2.45) is 0 Å². The molecule has 0 aromatic rings. The molecule has 0 bridgehead atoms. The minimum Gasteiger partial charge on any atom is -0.466 e. The SMILES string of the molecule is CCOC(=O)CP(OC)OC. The zero-order valence-electron chi connectivity index (χ0n) is 6.99. The molecular weight excluding hydrogens is 167 g/mol. The van der Waals surface area contributed by atoms with Crippen LogP contribution in [0.2, 0.25) is 0 Å². The Morgan fingerprint density at radius 2 is 1.91 bits per heavy atom. The van der Waals surface area contributed by atoms with Crippen molar-refractivity contribution in [3.63, 3.8) is 0 Å². The average Bonchev–Trinajstić information content (AvgIpc) is 2.01. The van der Waals surface area contributed by atoms with Crippen LogP contribution >= 0.6 is 8.38 Å². The first-order valence-corrected chi connectivity index (χ1v) is 4.62. The van der Waals surface area contributed by atoms with E-state index in [1.54, 1.807) is 6.92 Å². The van der Waals surface area contributed by atoms with Crippen LogP contribution in [-0.4, -0.2) is 33.0 Å². The second-order valence-electron chi connectivity index (χ2n) is 1.66. The lowest BCUT2D eigenvalue weighted by atomic mass is 10.8. The summed E-state index contributed by atoms with van der Waals surface area (Å²) in [7, 11) is 1.94. The van der Waals surface area contributed by atoms with Crippen LogP contribution in [0.25, 0.3) is 0 Å². The van der Waals surface area contributed by atoms with Crippen LogP contribution in [-0.2, 0) is 18.6 Å². The van der Waals surface area contributed by atoms with Crippen LogP contribution in [0.1, 0.15) is 6.92 Å². The van der Waals surface area contributed by atoms with E-state index >= 15 is 0 Å². The monoisotopic (exact) mass is 180 g/mol. The first-order valence-electron chi connectivity index (χ1n) is 3.26. The smallest absolute Gasteiger partial charge is 0.314 e. The number of hydrogen-bond acceptors (Lipinski definition) is 4. The largest absolute Gasteiger partial charge is 0.466 e. The summed E-state index contributed by atoms with van der Waals surface area (Å²) >= 11 is 0. The third-order valence-corrected chi connectivity index (χ3v) is 2.30. The van der Waals surface area contributed by atoms with Crippen molar-refractivity contribution in [1.82, 2.24) is 0 Å². The molecule has 0 N–H and O–H groups in total. The maximum atomic E-state index is 10.8. The second-order valence-corrected chi connectivity index (χ2v) is 3.37. The molecule has 0 amide bonds. The van der Waals surface area contributed by atoms with Gasteiger partial charge in [-0.15, -0.1) is 0 Å². The highest BCUT2D eigenvalue weighted by Gasteiger charge is 2.12. The van der Waals surface area contributed by atoms with Gasteiger partial charge in [-0.25, -0.2) is 0 Å². The molecule has 0 radical (unpaired) electrons. The van der Waals surface area contributed by atoms with E-state index in [2.05, 4.69) is 0 Å². The molecular formula is C6H13O4P. The number of carbonyl (C=O) groups is 1. The van der Waals surface area contributed by atoms with Gasteiger partial charge in [-0.2, -0.15) is 0 Å². The van der Waals surface area contributed by atoms with Crippen molar-refractivity contribution in [3.8, 4) is 0 Å². The Morgan fingerprint density at radius 3 is 2.27 bits per heavy atom. The predicted octanol–water partition coefficient (Wildman–Crippen LogP) is 1.15. The molecule has 0 aliphatic heterocycles. The number of rotatable bonds is 5. The molecule has 0 aromatic carbocycles. The first-order chi connectivity index (χ1) is 5.24. The molecule has 11 heavy (non-hydrogen) atoms. The topological polar surface area (TPSA) is 44.8 Å². The van der Waals surface area contributed by atoms with Gasteiger partial charge >= 0.3 is 5.97 Å². The summed E-state index contributed by atoms with van der Waals surface area (Å²) < 4.78 is 14.4. The Hall–Kier alpha value is -0.180. The summed E-state index contributed by atoms with van der Waals surface area (Å²) in [5, 5.41) is 0. The lowest BCUT2D eigenvalue weighted by molar-refractivity contribution is -0.140. The molecule has 0 aliphatic carbocycles. The van der Waals surface area contributed by atoms with Crippen molar-refractivity contribution in [1.29, 1.82) is 0 Å². The van der Waals surface area contributed by atoms with Crippen LogP contribution in [0.5, 0.6) is 0 Å². The molecule has 0 aromatic heterocycles. The zero-order valence-corrected chi connectivity index (χ0v) is 7.89. The molecule has 0 heterocycles. The predicted molar refractivity (Wildman–Crippen MR) is 42.4 cm³/mol. The molecule has 66 valence electrons. The number of carbonyl (C=O) groups excluding carboxylic acids is 1. The van der Waals surface area contributed by atoms with E-state index in [0.717, 1.165) is 0 Å². The molecule has 0 atom stereocenters. The summed E-state index contributed by atoms with van der Waals surface area (Å²) in [6.07, 6.45) is 0.205. The minimum atomic E-state index is -1.08. The van der Waals surface area contributed by atoms with Crippen molar-refractivity contribution in [2.75, 3.05) is 27.0 Å². The molecule has 0 aliphatic rings. The summed E-state index contributed by atoms with van der Waals surface area (Å²) in [5.41, 5.74) is 0. The number of hydrogen-bond donors (Lipinski definition) is 0. The Labute approximate surface area is 67.7 Å². The first kappa shape index (κ1) is 10.8. The van der Waals surface area contributed by atoms with Gasteiger partial charge in [0.25, 0.3) is 0 Å². The third kappa shape index (κ3) is 5.13. The summed E-state index contributed by atoms with van der Waals surface area (Å²) in [5.74, 6) is -0.276. The van der Waals surface area contributed by atoms with Gasteiger partial charge in [-0.05, 0) is 6.92 Å². The van der Waals surface area contributed by atoms with E-state index in [-0.39, 0.29) is 12.1 Å². The fraction of sp³-hybridized carbons (Fsp3) is 0.833. The van der Waals surface area contributed by atoms with Gasteiger partial charge in [0.05, 0.1) is 6.61 Å². The zero-order chi connectivity index (χ0) is 8.69. The van der Waals surface area contributed by atoms with E-state index in [1.807, 2.05) is 0 Å². The quantitative estimate of drug-likeness (QED) is 0.470. The Balaban J connectivity index is 3.54. The molecule has 0 spiro atoms. The van der Waals surface area contributed by atoms with Gasteiger partial charge in [0.1, 0.15) is 6.16 Å². The molecule has 0 unspecified atom stereocenters. The highest BCUT2D eigenvalue weighted by Crippen LogP contribution is 2.35. The standard InChI is InChI=1S/C6H13O4P/c1-4-10-6(7)5-11(8-2)9-3/h4-5H2,1-3H3. The Kier molecular flexibility index (Phi) is 6.42. The molecule has 4 nitrogen and oxygen atoms in total. The van der Waals surface area contributed by atoms with Crippen LogP contribution in [0.4, 0.5) is 0 Å². The number of ether oxygens (including phenoxy) is 1. The fourth-order valence-corrected chi connectivity index (χ4v) is 1.23. The van der Waals surface area contributed by atoms with E-state index < -0.39 is 8.38 Å². The second kappa shape index (κ2) is 6.53. The van der Waals surface area contributed by atoms with Crippen LogP contribution in [0.15, 0.2) is 0 Å². The van der Waals surface area contributed by atoms with Gasteiger partial charge in [-0.1, -0.05) is 0 Å². The van der Waals surface area contributed by atoms with E-state index in [0.29, 0.717) is 6.61 Å². The van der Waals surface area contributed by atoms with Crippen molar-refractivity contribution in [2.45, 2.75) is 6.92 Å². The number of esters is 1. The van der Waals surface area contributed by atoms with Gasteiger partial charge in [0, 0.05) is 14.2 Å². The van der Waals surface area contributed by atoms with Crippen molar-refractivity contribution in [3.05, 3.63) is 0 Å². The van der Waals surface area contributed by atoms with Crippen LogP contribution in [0, 0.1) is 0 Å². The average molecular weight is 180 g/mol. The minimum absolute atomic E-state index is 0.205. The lowest BCUT2D eigenvalue weighted by Crippen LogP contribution is -2.09. The van der Waals surface area contributed by atoms with E-state index in [9.17, 15) is 4.79 Å². The molecule has 0 rings (SSSR count). The fourth-order valence-electron chi connectivity index (χ4n) is 0.516. The maximum Gasteiger partial charge on any atom is 0.314 e. The van der Waals surface area contributed by atoms with E-state index in [4.69, 9.17) is 13.8 Å². The van der Waals surface area contributed by atoms with Crippen molar-refractivity contribution < 1.29 is 18.6 Å². The summed E-state index contributed by atoms with van der Waals surface area (Å²) in [4.78, 5) is 10.8. The highest BCUT2D eigenvalue weighted by atomic mass is 31.2. The van der Waals surface area contributed by atoms with Gasteiger partial charge in [0.15, 0.2) is 8.38 Å². The normalized spacial score (nSPS) is 10.2. The summed E-state index contributed by atoms with van der Waals surface area (Å²) in [6.45, 7) is 2.16. The van der Waals surface area contributed by atoms with Gasteiger partial charge in [0.2, 0.25) is 0 Å². The van der Waals surface area contributed by atoms with Crippen molar-refractivity contribution >= 4 is 14.3 Å². The van der Waals surface area contributed by atoms with E-state index in [1.165, 1.54) is 14.2 Å². The van der Waals surface area contributed by atoms with Gasteiger partial charge in [-0.3, -0.25) is 4.79 Å². The molecule has 5 heteroatoms. The molecule has 0 saturated heterocycles. The van der Waals surface area contributed by atoms with Crippen LogP contribution < -0.4 is 0 Å². The summed E-state index contributed by atoms with van der Waals surface area (Å²) in [6, 6.07) is 0. The molecule has 0 fully saturated rings. The van der Waals surface area contributed by atoms with Gasteiger partial charge < -0.3 is 13.8 Å². The Bertz CT molecular complexity index is 113. The highest BCUT2D eigenvalue weighted by molar-refractivity contribution is 7.48. The van der Waals surface area contributed by atoms with Crippen LogP contribution in [0.3, 0.4) is 0 Å². The third-order valence-electron chi connectivity index (χ3n) is 0.971. The maximum absolute atomic E-state index is 10.8. The Morgan fingerprint density at radius 1 is 1.36 bits per heavy atom.